The monoisotopic (exact) mass is 376 g/mol. The van der Waals surface area contributed by atoms with Gasteiger partial charge in [-0.1, -0.05) is 23.1 Å². The van der Waals surface area contributed by atoms with E-state index in [0.717, 1.165) is 23.0 Å². The Hall–Kier alpha value is -2.33. The first-order chi connectivity index (χ1) is 12.2. The Morgan fingerprint density at radius 3 is 2.84 bits per heavy atom. The van der Waals surface area contributed by atoms with Crippen LogP contribution in [0.2, 0.25) is 0 Å². The highest BCUT2D eigenvalue weighted by molar-refractivity contribution is 7.98. The number of hydrogen-bond donors (Lipinski definition) is 1. The van der Waals surface area contributed by atoms with Crippen LogP contribution < -0.4 is 5.32 Å². The molecule has 0 atom stereocenters. The van der Waals surface area contributed by atoms with Gasteiger partial charge in [0.25, 0.3) is 5.91 Å². The van der Waals surface area contributed by atoms with E-state index < -0.39 is 0 Å². The number of carbonyl (C=O) groups is 1. The average molecular weight is 376 g/mol. The molecule has 1 N–H and O–H groups in total. The molecule has 1 saturated carbocycles. The number of halogens is 1. The summed E-state index contributed by atoms with van der Waals surface area (Å²) < 4.78 is 15.0. The average Bonchev–Trinajstić information content (AvgIpc) is 3.16. The predicted octanol–water partition coefficient (Wildman–Crippen LogP) is 3.15. The molecule has 4 rings (SSSR count). The van der Waals surface area contributed by atoms with E-state index in [4.69, 9.17) is 0 Å². The largest absolute Gasteiger partial charge is 0.320 e. The number of thioether (sulfide) groups is 1. The van der Waals surface area contributed by atoms with Crippen molar-refractivity contribution >= 4 is 34.7 Å². The fourth-order valence-electron chi connectivity index (χ4n) is 2.19. The zero-order chi connectivity index (χ0) is 17.2. The summed E-state index contributed by atoms with van der Waals surface area (Å²) in [7, 11) is 0. The molecule has 128 valence electrons. The van der Waals surface area contributed by atoms with E-state index in [2.05, 4.69) is 30.3 Å². The number of aromatic nitrogens is 5. The van der Waals surface area contributed by atoms with Crippen molar-refractivity contribution in [2.45, 2.75) is 29.8 Å². The molecule has 0 aliphatic heterocycles. The van der Waals surface area contributed by atoms with E-state index in [1.807, 2.05) is 0 Å². The van der Waals surface area contributed by atoms with Crippen LogP contribution in [0.25, 0.3) is 0 Å². The van der Waals surface area contributed by atoms with Gasteiger partial charge in [0.1, 0.15) is 17.2 Å². The van der Waals surface area contributed by atoms with Gasteiger partial charge < -0.3 is 9.88 Å². The van der Waals surface area contributed by atoms with E-state index >= 15 is 0 Å². The van der Waals surface area contributed by atoms with E-state index in [9.17, 15) is 9.18 Å². The minimum absolute atomic E-state index is 0.267. The van der Waals surface area contributed by atoms with Crippen LogP contribution in [0, 0.1) is 5.82 Å². The second-order valence-corrected chi connectivity index (χ2v) is 7.51. The molecule has 0 radical (unpaired) electrons. The molecule has 0 bridgehead atoms. The van der Waals surface area contributed by atoms with Crippen molar-refractivity contribution in [2.75, 3.05) is 5.32 Å². The Kier molecular flexibility index (Phi) is 4.45. The number of rotatable bonds is 6. The molecule has 0 spiro atoms. The topological polar surface area (TPSA) is 85.6 Å². The molecule has 25 heavy (non-hydrogen) atoms. The highest BCUT2D eigenvalue weighted by atomic mass is 32.2. The second kappa shape index (κ2) is 6.89. The molecule has 1 amide bonds. The first kappa shape index (κ1) is 16.2. The molecule has 1 fully saturated rings. The van der Waals surface area contributed by atoms with Crippen LogP contribution in [0.5, 0.6) is 0 Å². The van der Waals surface area contributed by atoms with E-state index in [1.54, 1.807) is 6.33 Å². The summed E-state index contributed by atoms with van der Waals surface area (Å²) in [4.78, 5) is 12.2. The molecule has 1 aliphatic carbocycles. The first-order valence-electron chi connectivity index (χ1n) is 7.60. The molecule has 0 unspecified atom stereocenters. The third-order valence-corrected chi connectivity index (χ3v) is 5.64. The van der Waals surface area contributed by atoms with Crippen molar-refractivity contribution in [1.29, 1.82) is 0 Å². The summed E-state index contributed by atoms with van der Waals surface area (Å²) in [5.41, 5.74) is 0.509. The van der Waals surface area contributed by atoms with E-state index in [-0.39, 0.29) is 16.7 Å². The highest BCUT2D eigenvalue weighted by Gasteiger charge is 2.26. The lowest BCUT2D eigenvalue weighted by Gasteiger charge is -2.02. The minimum atomic E-state index is -0.360. The van der Waals surface area contributed by atoms with E-state index in [1.165, 1.54) is 47.4 Å². The molecule has 2 heterocycles. The lowest BCUT2D eigenvalue weighted by atomic mass is 10.3. The summed E-state index contributed by atoms with van der Waals surface area (Å²) in [6.07, 6.45) is 4.08. The standard InChI is InChI=1S/C15H13FN6OS2/c16-9-1-3-10(4-2-9)18-13(23)14-20-19-12(25-14)7-24-15-21-17-8-22(15)11-5-6-11/h1-4,8,11H,5-7H2,(H,18,23). The zero-order valence-electron chi connectivity index (χ0n) is 12.9. The molecule has 10 heteroatoms. The summed E-state index contributed by atoms with van der Waals surface area (Å²) in [5.74, 6) is -0.138. The molecule has 7 nitrogen and oxygen atoms in total. The number of anilines is 1. The van der Waals surface area contributed by atoms with Crippen molar-refractivity contribution in [1.82, 2.24) is 25.0 Å². The quantitative estimate of drug-likeness (QED) is 0.665. The Morgan fingerprint density at radius 1 is 1.28 bits per heavy atom. The Balaban J connectivity index is 1.37. The Morgan fingerprint density at radius 2 is 2.08 bits per heavy atom. The number of amides is 1. The Labute approximate surface area is 150 Å². The second-order valence-electron chi connectivity index (χ2n) is 5.50. The van der Waals surface area contributed by atoms with Gasteiger partial charge in [-0.05, 0) is 37.1 Å². The lowest BCUT2D eigenvalue weighted by molar-refractivity contribution is 0.102. The first-order valence-corrected chi connectivity index (χ1v) is 9.41. The zero-order valence-corrected chi connectivity index (χ0v) is 14.6. The summed E-state index contributed by atoms with van der Waals surface area (Å²) in [6.45, 7) is 0. The number of hydrogen-bond acceptors (Lipinski definition) is 7. The smallest absolute Gasteiger partial charge is 0.286 e. The van der Waals surface area contributed by atoms with Gasteiger partial charge in [0.05, 0.1) is 5.75 Å². The van der Waals surface area contributed by atoms with Crippen LogP contribution in [0.15, 0.2) is 35.7 Å². The fraction of sp³-hybridized carbons (Fsp3) is 0.267. The molecular weight excluding hydrogens is 363 g/mol. The lowest BCUT2D eigenvalue weighted by Crippen LogP contribution is -2.11. The van der Waals surface area contributed by atoms with Crippen molar-refractivity contribution in [3.8, 4) is 0 Å². The fourth-order valence-corrected chi connectivity index (χ4v) is 3.89. The number of nitrogens with one attached hydrogen (secondary N) is 1. The van der Waals surface area contributed by atoms with Crippen LogP contribution in [-0.2, 0) is 5.75 Å². The van der Waals surface area contributed by atoms with Gasteiger partial charge in [-0.2, -0.15) is 0 Å². The maximum atomic E-state index is 12.9. The van der Waals surface area contributed by atoms with Crippen LogP contribution in [0.1, 0.15) is 33.7 Å². The SMILES string of the molecule is O=C(Nc1ccc(F)cc1)c1nnc(CSc2nncn2C2CC2)s1. The van der Waals surface area contributed by atoms with Gasteiger partial charge in [-0.3, -0.25) is 4.79 Å². The van der Waals surface area contributed by atoms with Crippen molar-refractivity contribution in [3.05, 3.63) is 46.4 Å². The van der Waals surface area contributed by atoms with Crippen molar-refractivity contribution < 1.29 is 9.18 Å². The number of benzene rings is 1. The molecule has 2 aromatic heterocycles. The maximum absolute atomic E-state index is 12.9. The van der Waals surface area contributed by atoms with Gasteiger partial charge in [0.2, 0.25) is 5.01 Å². The summed E-state index contributed by atoms with van der Waals surface area (Å²) >= 11 is 2.76. The highest BCUT2D eigenvalue weighted by Crippen LogP contribution is 2.37. The van der Waals surface area contributed by atoms with Gasteiger partial charge >= 0.3 is 0 Å². The number of nitrogens with zero attached hydrogens (tertiary/aromatic N) is 5. The summed E-state index contributed by atoms with van der Waals surface area (Å²) in [5, 5.41) is 20.6. The Bertz CT molecular complexity index is 890. The van der Waals surface area contributed by atoms with Crippen molar-refractivity contribution in [2.24, 2.45) is 0 Å². The van der Waals surface area contributed by atoms with Gasteiger partial charge in [-0.15, -0.1) is 20.4 Å². The normalized spacial score (nSPS) is 13.8. The van der Waals surface area contributed by atoms with Crippen molar-refractivity contribution in [3.63, 3.8) is 0 Å². The van der Waals surface area contributed by atoms with Gasteiger partial charge in [0, 0.05) is 11.7 Å². The molecular formula is C15H13FN6OS2. The third-order valence-electron chi connectivity index (χ3n) is 3.57. The maximum Gasteiger partial charge on any atom is 0.286 e. The van der Waals surface area contributed by atoms with Crippen LogP contribution in [0.3, 0.4) is 0 Å². The molecule has 1 aromatic carbocycles. The van der Waals surface area contributed by atoms with Crippen LogP contribution >= 0.6 is 23.1 Å². The van der Waals surface area contributed by atoms with Gasteiger partial charge in [-0.25, -0.2) is 4.39 Å². The predicted molar refractivity (Wildman–Crippen MR) is 92.1 cm³/mol. The molecule has 3 aromatic rings. The molecule has 0 saturated heterocycles. The minimum Gasteiger partial charge on any atom is -0.320 e. The summed E-state index contributed by atoms with van der Waals surface area (Å²) in [6, 6.07) is 6.08. The molecule has 1 aliphatic rings. The van der Waals surface area contributed by atoms with Crippen LogP contribution in [-0.4, -0.2) is 30.9 Å². The number of carbonyl (C=O) groups excluding carboxylic acids is 1. The van der Waals surface area contributed by atoms with Gasteiger partial charge in [0.15, 0.2) is 5.16 Å². The van der Waals surface area contributed by atoms with Crippen LogP contribution in [0.4, 0.5) is 10.1 Å². The third kappa shape index (κ3) is 3.85. The van der Waals surface area contributed by atoms with E-state index in [0.29, 0.717) is 17.5 Å².